The van der Waals surface area contributed by atoms with Gasteiger partial charge in [0.1, 0.15) is 11.3 Å². The number of hydrogen-bond acceptors (Lipinski definition) is 3. The van der Waals surface area contributed by atoms with E-state index in [4.69, 9.17) is 10.2 Å². The molecule has 112 valence electrons. The van der Waals surface area contributed by atoms with Crippen molar-refractivity contribution in [2.75, 3.05) is 31.1 Å². The zero-order valence-corrected chi connectivity index (χ0v) is 13.2. The number of hydrogen-bond donors (Lipinski definition) is 1. The first kappa shape index (κ1) is 14.3. The van der Waals surface area contributed by atoms with Crippen LogP contribution < -0.4 is 5.73 Å². The van der Waals surface area contributed by atoms with Crippen LogP contribution in [-0.4, -0.2) is 42.0 Å². The number of aliphatic imine (C=N–C) groups is 1. The lowest BCUT2D eigenvalue weighted by atomic mass is 10.1. The highest BCUT2D eigenvalue weighted by Crippen LogP contribution is 2.25. The van der Waals surface area contributed by atoms with Crippen molar-refractivity contribution in [3.05, 3.63) is 35.6 Å². The molecule has 0 radical (unpaired) electrons. The van der Waals surface area contributed by atoms with E-state index in [2.05, 4.69) is 16.0 Å². The summed E-state index contributed by atoms with van der Waals surface area (Å²) in [6.07, 6.45) is 0.867. The Hall–Kier alpha value is -1.62. The van der Waals surface area contributed by atoms with Crippen molar-refractivity contribution in [2.24, 2.45) is 10.7 Å². The third-order valence-corrected chi connectivity index (χ3v) is 4.81. The summed E-state index contributed by atoms with van der Waals surface area (Å²) in [6, 6.07) is 8.16. The molecule has 1 aliphatic heterocycles. The van der Waals surface area contributed by atoms with Crippen molar-refractivity contribution < 1.29 is 4.42 Å². The molecule has 1 fully saturated rings. The Bertz CT molecular complexity index is 644. The minimum Gasteiger partial charge on any atom is -0.461 e. The predicted molar refractivity (Wildman–Crippen MR) is 90.0 cm³/mol. The maximum atomic E-state index is 6.08. The van der Waals surface area contributed by atoms with Crippen LogP contribution in [0.1, 0.15) is 11.3 Å². The molecular formula is C16H21N3OS. The van der Waals surface area contributed by atoms with E-state index in [1.807, 2.05) is 36.9 Å². The Morgan fingerprint density at radius 1 is 1.33 bits per heavy atom. The molecule has 0 saturated carbocycles. The van der Waals surface area contributed by atoms with Gasteiger partial charge in [-0.05, 0) is 19.4 Å². The first-order chi connectivity index (χ1) is 10.3. The van der Waals surface area contributed by atoms with Crippen molar-refractivity contribution in [1.82, 2.24) is 4.90 Å². The SMILES string of the molecule is Cc1oc2ccccc2c1CCN=C(N)N1CCSCC1. The standard InChI is InChI=1S/C16H21N3OS/c1-12-13(14-4-2-3-5-15(14)20-12)6-7-18-16(17)19-8-10-21-11-9-19/h2-5H,6-11H2,1H3,(H2,17,18). The number of aryl methyl sites for hydroxylation is 1. The molecule has 1 aromatic carbocycles. The van der Waals surface area contributed by atoms with Gasteiger partial charge in [-0.1, -0.05) is 18.2 Å². The Kier molecular flexibility index (Phi) is 4.39. The molecule has 2 heterocycles. The number of rotatable bonds is 3. The van der Waals surface area contributed by atoms with Crippen LogP contribution >= 0.6 is 11.8 Å². The second-order valence-corrected chi connectivity index (χ2v) is 6.45. The van der Waals surface area contributed by atoms with Crippen LogP contribution in [0.5, 0.6) is 0 Å². The van der Waals surface area contributed by atoms with Crippen molar-refractivity contribution in [2.45, 2.75) is 13.3 Å². The van der Waals surface area contributed by atoms with Gasteiger partial charge < -0.3 is 15.1 Å². The Morgan fingerprint density at radius 2 is 2.10 bits per heavy atom. The maximum Gasteiger partial charge on any atom is 0.191 e. The van der Waals surface area contributed by atoms with Crippen LogP contribution in [0.25, 0.3) is 11.0 Å². The summed E-state index contributed by atoms with van der Waals surface area (Å²) >= 11 is 1.98. The van der Waals surface area contributed by atoms with Crippen LogP contribution in [0.4, 0.5) is 0 Å². The molecule has 0 aliphatic carbocycles. The van der Waals surface area contributed by atoms with Gasteiger partial charge >= 0.3 is 0 Å². The number of benzene rings is 1. The molecule has 1 aromatic heterocycles. The number of nitrogens with two attached hydrogens (primary N) is 1. The molecule has 2 N–H and O–H groups in total. The second kappa shape index (κ2) is 6.43. The van der Waals surface area contributed by atoms with E-state index >= 15 is 0 Å². The van der Waals surface area contributed by atoms with Gasteiger partial charge in [0.2, 0.25) is 0 Å². The topological polar surface area (TPSA) is 54.8 Å². The van der Waals surface area contributed by atoms with E-state index in [9.17, 15) is 0 Å². The highest BCUT2D eigenvalue weighted by molar-refractivity contribution is 7.99. The number of nitrogens with zero attached hydrogens (tertiary/aromatic N) is 2. The number of para-hydroxylation sites is 1. The first-order valence-electron chi connectivity index (χ1n) is 7.35. The highest BCUT2D eigenvalue weighted by atomic mass is 32.2. The number of fused-ring (bicyclic) bond motifs is 1. The molecule has 0 unspecified atom stereocenters. The second-order valence-electron chi connectivity index (χ2n) is 5.22. The summed E-state index contributed by atoms with van der Waals surface area (Å²) < 4.78 is 5.78. The van der Waals surface area contributed by atoms with Crippen LogP contribution in [-0.2, 0) is 6.42 Å². The average molecular weight is 303 g/mol. The van der Waals surface area contributed by atoms with Gasteiger partial charge in [-0.25, -0.2) is 0 Å². The molecule has 0 atom stereocenters. The van der Waals surface area contributed by atoms with Gasteiger partial charge in [0.25, 0.3) is 0 Å². The summed E-state index contributed by atoms with van der Waals surface area (Å²) in [7, 11) is 0. The van der Waals surface area contributed by atoms with Gasteiger partial charge in [0, 0.05) is 42.1 Å². The average Bonchev–Trinajstić information content (AvgIpc) is 2.84. The normalized spacial score (nSPS) is 16.6. The van der Waals surface area contributed by atoms with Gasteiger partial charge in [0.15, 0.2) is 5.96 Å². The summed E-state index contributed by atoms with van der Waals surface area (Å²) in [5.74, 6) is 3.95. The van der Waals surface area contributed by atoms with E-state index in [-0.39, 0.29) is 0 Å². The van der Waals surface area contributed by atoms with Crippen molar-refractivity contribution in [3.8, 4) is 0 Å². The summed E-state index contributed by atoms with van der Waals surface area (Å²) in [6.45, 7) is 4.74. The van der Waals surface area contributed by atoms with Crippen molar-refractivity contribution in [3.63, 3.8) is 0 Å². The highest BCUT2D eigenvalue weighted by Gasteiger charge is 2.13. The lowest BCUT2D eigenvalue weighted by molar-refractivity contribution is 0.456. The lowest BCUT2D eigenvalue weighted by Crippen LogP contribution is -2.42. The fourth-order valence-corrected chi connectivity index (χ4v) is 3.61. The zero-order valence-electron chi connectivity index (χ0n) is 12.3. The quantitative estimate of drug-likeness (QED) is 0.699. The van der Waals surface area contributed by atoms with E-state index in [1.54, 1.807) is 0 Å². The van der Waals surface area contributed by atoms with E-state index in [1.165, 1.54) is 10.9 Å². The van der Waals surface area contributed by atoms with Crippen molar-refractivity contribution >= 4 is 28.7 Å². The van der Waals surface area contributed by atoms with Gasteiger partial charge in [-0.3, -0.25) is 4.99 Å². The van der Waals surface area contributed by atoms with E-state index in [0.717, 1.165) is 42.4 Å². The molecule has 5 heteroatoms. The van der Waals surface area contributed by atoms with E-state index < -0.39 is 0 Å². The van der Waals surface area contributed by atoms with Crippen LogP contribution in [0.15, 0.2) is 33.7 Å². The van der Waals surface area contributed by atoms with Crippen LogP contribution in [0.3, 0.4) is 0 Å². The third kappa shape index (κ3) is 3.18. The first-order valence-corrected chi connectivity index (χ1v) is 8.51. The largest absolute Gasteiger partial charge is 0.461 e. The molecule has 0 spiro atoms. The van der Waals surface area contributed by atoms with Crippen LogP contribution in [0, 0.1) is 6.92 Å². The molecule has 0 bridgehead atoms. The van der Waals surface area contributed by atoms with Gasteiger partial charge in [-0.15, -0.1) is 0 Å². The Balaban J connectivity index is 1.67. The minimum absolute atomic E-state index is 0.681. The molecule has 0 amide bonds. The smallest absolute Gasteiger partial charge is 0.191 e. The lowest BCUT2D eigenvalue weighted by Gasteiger charge is -2.27. The molecule has 21 heavy (non-hydrogen) atoms. The number of furan rings is 1. The fourth-order valence-electron chi connectivity index (χ4n) is 2.71. The Morgan fingerprint density at radius 3 is 2.90 bits per heavy atom. The number of thioether (sulfide) groups is 1. The van der Waals surface area contributed by atoms with Crippen LogP contribution in [0.2, 0.25) is 0 Å². The monoisotopic (exact) mass is 303 g/mol. The summed E-state index contributed by atoms with van der Waals surface area (Å²) in [4.78, 5) is 6.72. The number of guanidine groups is 1. The molecule has 2 aromatic rings. The minimum atomic E-state index is 0.681. The maximum absolute atomic E-state index is 6.08. The summed E-state index contributed by atoms with van der Waals surface area (Å²) in [5, 5.41) is 1.19. The fraction of sp³-hybridized carbons (Fsp3) is 0.438. The summed E-state index contributed by atoms with van der Waals surface area (Å²) in [5.41, 5.74) is 8.28. The molecule has 3 rings (SSSR count). The molecule has 4 nitrogen and oxygen atoms in total. The third-order valence-electron chi connectivity index (χ3n) is 3.87. The van der Waals surface area contributed by atoms with Gasteiger partial charge in [-0.2, -0.15) is 11.8 Å². The molecule has 1 saturated heterocycles. The molecule has 1 aliphatic rings. The van der Waals surface area contributed by atoms with Crippen molar-refractivity contribution in [1.29, 1.82) is 0 Å². The van der Waals surface area contributed by atoms with Gasteiger partial charge in [0.05, 0.1) is 0 Å². The predicted octanol–water partition coefficient (Wildman–Crippen LogP) is 2.65. The molecular weight excluding hydrogens is 282 g/mol. The zero-order chi connectivity index (χ0) is 14.7. The van der Waals surface area contributed by atoms with E-state index in [0.29, 0.717) is 12.5 Å². The Labute approximate surface area is 129 Å².